The van der Waals surface area contributed by atoms with Crippen LogP contribution in [0.25, 0.3) is 32.8 Å². The maximum absolute atomic E-state index is 16.8. The van der Waals surface area contributed by atoms with Crippen LogP contribution >= 0.6 is 11.6 Å². The highest BCUT2D eigenvalue weighted by Crippen LogP contribution is 2.44. The number of hydrogen-bond donors (Lipinski definition) is 2. The van der Waals surface area contributed by atoms with Crippen LogP contribution in [0.2, 0.25) is 5.02 Å². The SMILES string of the molecule is CN(C)C1CN(c2nc(N3CC4CC[C@H](C[C@@H]4N)C3)c3cc(Cl)c(-c4cc(O)cc5ccccc45)c(F)c3n2)C1. The van der Waals surface area contributed by atoms with E-state index in [1.807, 2.05) is 24.3 Å². The van der Waals surface area contributed by atoms with Gasteiger partial charge in [-0.15, -0.1) is 0 Å². The summed E-state index contributed by atoms with van der Waals surface area (Å²) in [7, 11) is 4.14. The average molecular weight is 561 g/mol. The third kappa shape index (κ3) is 4.24. The molecule has 1 unspecified atom stereocenters. The van der Waals surface area contributed by atoms with E-state index >= 15 is 4.39 Å². The summed E-state index contributed by atoms with van der Waals surface area (Å²) in [5.41, 5.74) is 7.57. The molecule has 4 aliphatic rings. The van der Waals surface area contributed by atoms with E-state index in [1.165, 1.54) is 0 Å². The van der Waals surface area contributed by atoms with Crippen LogP contribution in [0.4, 0.5) is 16.2 Å². The summed E-state index contributed by atoms with van der Waals surface area (Å²) in [5, 5.41) is 13.0. The summed E-state index contributed by atoms with van der Waals surface area (Å²) < 4.78 is 16.8. The highest BCUT2D eigenvalue weighted by molar-refractivity contribution is 6.35. The van der Waals surface area contributed by atoms with E-state index in [0.29, 0.717) is 34.8 Å². The van der Waals surface area contributed by atoms with Crippen LogP contribution in [0.3, 0.4) is 0 Å². The first-order chi connectivity index (χ1) is 19.3. The summed E-state index contributed by atoms with van der Waals surface area (Å²) in [4.78, 5) is 16.5. The zero-order valence-electron chi connectivity index (χ0n) is 22.8. The molecule has 0 spiro atoms. The van der Waals surface area contributed by atoms with Crippen LogP contribution in [0.5, 0.6) is 5.75 Å². The van der Waals surface area contributed by atoms with Gasteiger partial charge >= 0.3 is 0 Å². The Bertz CT molecular complexity index is 1620. The number of phenolic OH excluding ortho intramolecular Hbond substituents is 1. The summed E-state index contributed by atoms with van der Waals surface area (Å²) in [5.74, 6) is 1.69. The molecule has 8 rings (SSSR count). The Morgan fingerprint density at radius 1 is 1.00 bits per heavy atom. The van der Waals surface area contributed by atoms with Gasteiger partial charge in [-0.05, 0) is 79.7 Å². The molecule has 4 aromatic rings. The second-order valence-corrected chi connectivity index (χ2v) is 12.4. The standard InChI is InChI=1S/C31H34ClFN6O/c1-37(2)20-15-39(16-20)31-35-29-24(30(36-31)38-13-17-7-8-19(14-38)26(34)9-17)12-25(32)27(28(29)33)23-11-21(40)10-18-5-3-4-6-22(18)23/h3-6,10-12,17,19-20,26,40H,7-9,13-16,34H2,1-2H3/t17-,19?,26+/m1/s1. The maximum atomic E-state index is 16.8. The minimum absolute atomic E-state index is 0.0556. The monoisotopic (exact) mass is 560 g/mol. The largest absolute Gasteiger partial charge is 0.508 e. The Morgan fingerprint density at radius 2 is 1.80 bits per heavy atom. The van der Waals surface area contributed by atoms with Gasteiger partial charge in [0.15, 0.2) is 5.82 Å². The molecule has 3 aliphatic heterocycles. The van der Waals surface area contributed by atoms with Crippen LogP contribution in [0.1, 0.15) is 19.3 Å². The fourth-order valence-corrected chi connectivity index (χ4v) is 7.13. The second-order valence-electron chi connectivity index (χ2n) is 12.0. The number of fused-ring (bicyclic) bond motifs is 6. The van der Waals surface area contributed by atoms with Gasteiger partial charge in [-0.1, -0.05) is 35.9 Å². The van der Waals surface area contributed by atoms with Gasteiger partial charge < -0.3 is 25.5 Å². The van der Waals surface area contributed by atoms with Crippen molar-refractivity contribution in [1.82, 2.24) is 14.9 Å². The van der Waals surface area contributed by atoms with E-state index in [9.17, 15) is 5.11 Å². The minimum Gasteiger partial charge on any atom is -0.508 e. The molecule has 1 aromatic heterocycles. The molecule has 3 aromatic carbocycles. The molecular weight excluding hydrogens is 527 g/mol. The van der Waals surface area contributed by atoms with E-state index in [1.54, 1.807) is 18.2 Å². The number of aromatic hydroxyl groups is 1. The van der Waals surface area contributed by atoms with Crippen molar-refractivity contribution in [3.63, 3.8) is 0 Å². The normalized spacial score (nSPS) is 23.3. The van der Waals surface area contributed by atoms with Gasteiger partial charge in [0.25, 0.3) is 0 Å². The Hall–Kier alpha value is -3.20. The van der Waals surface area contributed by atoms with Crippen molar-refractivity contribution in [1.29, 1.82) is 0 Å². The van der Waals surface area contributed by atoms with Crippen molar-refractivity contribution in [2.24, 2.45) is 17.6 Å². The first kappa shape index (κ1) is 25.7. The smallest absolute Gasteiger partial charge is 0.228 e. The summed E-state index contributed by atoms with van der Waals surface area (Å²) >= 11 is 6.89. The van der Waals surface area contributed by atoms with Crippen molar-refractivity contribution in [2.75, 3.05) is 50.1 Å². The third-order valence-electron chi connectivity index (χ3n) is 9.23. The second kappa shape index (κ2) is 9.72. The van der Waals surface area contributed by atoms with Crippen LogP contribution in [-0.4, -0.2) is 72.3 Å². The molecule has 0 amide bonds. The predicted octanol–water partition coefficient (Wildman–Crippen LogP) is 5.26. The van der Waals surface area contributed by atoms with Crippen molar-refractivity contribution in [2.45, 2.75) is 31.3 Å². The van der Waals surface area contributed by atoms with Crippen molar-refractivity contribution in [3.05, 3.63) is 53.3 Å². The highest BCUT2D eigenvalue weighted by atomic mass is 35.5. The molecule has 40 heavy (non-hydrogen) atoms. The number of phenols is 1. The molecule has 1 aliphatic carbocycles. The van der Waals surface area contributed by atoms with Crippen molar-refractivity contribution < 1.29 is 9.50 Å². The molecule has 3 atom stereocenters. The summed E-state index contributed by atoms with van der Waals surface area (Å²) in [6.07, 6.45) is 3.28. The van der Waals surface area contributed by atoms with Crippen LogP contribution in [0.15, 0.2) is 42.5 Å². The van der Waals surface area contributed by atoms with Gasteiger partial charge in [-0.3, -0.25) is 0 Å². The number of nitrogens with zero attached hydrogens (tertiary/aromatic N) is 5. The number of hydrogen-bond acceptors (Lipinski definition) is 7. The van der Waals surface area contributed by atoms with E-state index < -0.39 is 5.82 Å². The van der Waals surface area contributed by atoms with E-state index in [2.05, 4.69) is 28.8 Å². The summed E-state index contributed by atoms with van der Waals surface area (Å²) in [6.45, 7) is 3.21. The van der Waals surface area contributed by atoms with Gasteiger partial charge in [0.1, 0.15) is 17.1 Å². The van der Waals surface area contributed by atoms with E-state index in [-0.39, 0.29) is 27.9 Å². The highest BCUT2D eigenvalue weighted by Gasteiger charge is 2.37. The Kier molecular flexibility index (Phi) is 6.25. The zero-order chi connectivity index (χ0) is 27.7. The van der Waals surface area contributed by atoms with Gasteiger partial charge in [0.2, 0.25) is 5.95 Å². The number of anilines is 2. The third-order valence-corrected chi connectivity index (χ3v) is 9.53. The number of rotatable bonds is 4. The zero-order valence-corrected chi connectivity index (χ0v) is 23.6. The lowest BCUT2D eigenvalue weighted by Crippen LogP contribution is -2.58. The molecule has 1 saturated carbocycles. The minimum atomic E-state index is -0.498. The number of halogens is 2. The first-order valence-corrected chi connectivity index (χ1v) is 14.5. The summed E-state index contributed by atoms with van der Waals surface area (Å²) in [6, 6.07) is 13.2. The molecule has 4 heterocycles. The van der Waals surface area contributed by atoms with Crippen molar-refractivity contribution in [3.8, 4) is 16.9 Å². The molecule has 3 N–H and O–H groups in total. The average Bonchev–Trinajstić information content (AvgIpc) is 3.19. The molecule has 0 radical (unpaired) electrons. The topological polar surface area (TPSA) is 81.8 Å². The lowest BCUT2D eigenvalue weighted by molar-refractivity contribution is 0.245. The predicted molar refractivity (Wildman–Crippen MR) is 160 cm³/mol. The Balaban J connectivity index is 1.43. The molecule has 7 nitrogen and oxygen atoms in total. The number of benzene rings is 3. The van der Waals surface area contributed by atoms with Crippen molar-refractivity contribution >= 4 is 45.0 Å². The quantitative estimate of drug-likeness (QED) is 0.352. The van der Waals surface area contributed by atoms with Gasteiger partial charge in [-0.25, -0.2) is 9.37 Å². The lowest BCUT2D eigenvalue weighted by Gasteiger charge is -2.43. The van der Waals surface area contributed by atoms with Crippen LogP contribution in [0, 0.1) is 17.7 Å². The molecule has 208 valence electrons. The number of aromatic nitrogens is 2. The molecule has 9 heteroatoms. The molecule has 2 bridgehead atoms. The van der Waals surface area contributed by atoms with Gasteiger partial charge in [0.05, 0.1) is 5.02 Å². The first-order valence-electron chi connectivity index (χ1n) is 14.1. The fraction of sp³-hybridized carbons (Fsp3) is 0.419. The lowest BCUT2D eigenvalue weighted by atomic mass is 9.81. The Morgan fingerprint density at radius 3 is 2.58 bits per heavy atom. The molecule has 3 saturated heterocycles. The molecular formula is C31H34ClFN6O. The van der Waals surface area contributed by atoms with E-state index in [0.717, 1.165) is 62.0 Å². The fourth-order valence-electron chi connectivity index (χ4n) is 6.84. The van der Waals surface area contributed by atoms with Gasteiger partial charge in [-0.2, -0.15) is 4.98 Å². The van der Waals surface area contributed by atoms with Crippen LogP contribution < -0.4 is 15.5 Å². The van der Waals surface area contributed by atoms with E-state index in [4.69, 9.17) is 27.3 Å². The molecule has 4 fully saturated rings. The Labute approximate surface area is 238 Å². The number of nitrogens with two attached hydrogens (primary N) is 1. The van der Waals surface area contributed by atoms with Crippen LogP contribution in [-0.2, 0) is 0 Å². The number of likely N-dealkylation sites (N-methyl/N-ethyl adjacent to an activating group) is 1. The maximum Gasteiger partial charge on any atom is 0.228 e. The van der Waals surface area contributed by atoms with Gasteiger partial charge in [0, 0.05) is 49.2 Å².